The molecule has 0 spiro atoms. The van der Waals surface area contributed by atoms with E-state index in [1.54, 1.807) is 31.3 Å². The van der Waals surface area contributed by atoms with Crippen molar-refractivity contribution in [2.24, 2.45) is 0 Å². The lowest BCUT2D eigenvalue weighted by Gasteiger charge is -2.07. The van der Waals surface area contributed by atoms with Gasteiger partial charge in [-0.25, -0.2) is 9.37 Å². The number of aliphatic hydroxyl groups is 1. The van der Waals surface area contributed by atoms with Crippen molar-refractivity contribution in [3.8, 4) is 11.5 Å². The Bertz CT molecular complexity index is 785. The molecule has 0 saturated carbocycles. The molecule has 24 heavy (non-hydrogen) atoms. The monoisotopic (exact) mass is 328 g/mol. The van der Waals surface area contributed by atoms with E-state index in [2.05, 4.69) is 20.4 Å². The normalized spacial score (nSPS) is 12.1. The van der Waals surface area contributed by atoms with Crippen molar-refractivity contribution in [2.45, 2.75) is 19.4 Å². The number of halogens is 1. The molecule has 0 saturated heterocycles. The molecule has 0 aliphatic rings. The van der Waals surface area contributed by atoms with Gasteiger partial charge in [0.1, 0.15) is 11.6 Å². The van der Waals surface area contributed by atoms with Crippen molar-refractivity contribution in [3.63, 3.8) is 0 Å². The van der Waals surface area contributed by atoms with Crippen LogP contribution in [0, 0.1) is 5.82 Å². The summed E-state index contributed by atoms with van der Waals surface area (Å²) in [4.78, 5) is 8.57. The smallest absolute Gasteiger partial charge is 0.259 e. The van der Waals surface area contributed by atoms with Gasteiger partial charge in [-0.3, -0.25) is 0 Å². The number of benzene rings is 1. The van der Waals surface area contributed by atoms with Crippen LogP contribution in [0.2, 0.25) is 0 Å². The molecular weight excluding hydrogens is 311 g/mol. The highest BCUT2D eigenvalue weighted by Crippen LogP contribution is 2.18. The summed E-state index contributed by atoms with van der Waals surface area (Å²) in [5.41, 5.74) is 1.61. The second kappa shape index (κ2) is 7.18. The molecule has 1 aromatic carbocycles. The maximum atomic E-state index is 12.9. The Morgan fingerprint density at radius 2 is 2.00 bits per heavy atom. The number of hydrogen-bond acceptors (Lipinski definition) is 6. The fraction of sp³-hybridized carbons (Fsp3) is 0.235. The summed E-state index contributed by atoms with van der Waals surface area (Å²) in [6.07, 6.45) is 1.64. The Balaban J connectivity index is 1.67. The van der Waals surface area contributed by atoms with E-state index in [1.165, 1.54) is 12.1 Å². The van der Waals surface area contributed by atoms with Crippen molar-refractivity contribution < 1.29 is 14.0 Å². The van der Waals surface area contributed by atoms with Gasteiger partial charge in [0.15, 0.2) is 5.82 Å². The minimum atomic E-state index is -0.448. The average Bonchev–Trinajstić information content (AvgIpc) is 3.04. The third kappa shape index (κ3) is 4.14. The zero-order chi connectivity index (χ0) is 16.9. The highest BCUT2D eigenvalue weighted by atomic mass is 19.1. The Hall–Kier alpha value is -2.80. The molecule has 0 radical (unpaired) electrons. The second-order valence-electron chi connectivity index (χ2n) is 5.48. The number of nitrogens with zero attached hydrogens (tertiary/aromatic N) is 3. The molecule has 0 bridgehead atoms. The summed E-state index contributed by atoms with van der Waals surface area (Å²) in [6.45, 7) is 2.12. The average molecular weight is 328 g/mol. The molecule has 2 N–H and O–H groups in total. The van der Waals surface area contributed by atoms with Gasteiger partial charge < -0.3 is 14.9 Å². The van der Waals surface area contributed by atoms with Crippen LogP contribution in [0.5, 0.6) is 0 Å². The molecule has 0 fully saturated rings. The molecule has 3 aromatic rings. The first-order valence-corrected chi connectivity index (χ1v) is 7.55. The van der Waals surface area contributed by atoms with Crippen molar-refractivity contribution in [1.82, 2.24) is 15.1 Å². The van der Waals surface area contributed by atoms with Crippen LogP contribution in [0.15, 0.2) is 47.1 Å². The summed E-state index contributed by atoms with van der Waals surface area (Å²) < 4.78 is 18.2. The van der Waals surface area contributed by atoms with Gasteiger partial charge in [0.05, 0.1) is 11.7 Å². The zero-order valence-corrected chi connectivity index (χ0v) is 13.1. The molecule has 0 unspecified atom stereocenters. The maximum absolute atomic E-state index is 12.9. The van der Waals surface area contributed by atoms with Crippen LogP contribution in [-0.2, 0) is 6.42 Å². The number of rotatable bonds is 6. The van der Waals surface area contributed by atoms with Gasteiger partial charge in [0.25, 0.3) is 5.89 Å². The molecule has 3 rings (SSSR count). The number of anilines is 1. The molecule has 0 amide bonds. The van der Waals surface area contributed by atoms with Gasteiger partial charge in [-0.05, 0) is 36.8 Å². The number of aliphatic hydroxyl groups excluding tert-OH is 1. The number of pyridine rings is 1. The lowest BCUT2D eigenvalue weighted by atomic mass is 10.1. The minimum absolute atomic E-state index is 0.275. The van der Waals surface area contributed by atoms with Crippen LogP contribution in [0.4, 0.5) is 10.2 Å². The molecular formula is C17H17FN4O2. The highest BCUT2D eigenvalue weighted by Gasteiger charge is 2.10. The first kappa shape index (κ1) is 16.1. The predicted molar refractivity (Wildman–Crippen MR) is 86.9 cm³/mol. The maximum Gasteiger partial charge on any atom is 0.259 e. The van der Waals surface area contributed by atoms with Crippen LogP contribution >= 0.6 is 0 Å². The topological polar surface area (TPSA) is 84.1 Å². The van der Waals surface area contributed by atoms with E-state index in [1.807, 2.05) is 6.07 Å². The Labute approximate surface area is 138 Å². The molecule has 0 aliphatic carbocycles. The molecule has 2 heterocycles. The van der Waals surface area contributed by atoms with Gasteiger partial charge in [-0.1, -0.05) is 17.3 Å². The highest BCUT2D eigenvalue weighted by molar-refractivity contribution is 5.54. The summed E-state index contributed by atoms with van der Waals surface area (Å²) in [5.74, 6) is 1.28. The van der Waals surface area contributed by atoms with E-state index in [9.17, 15) is 9.50 Å². The summed E-state index contributed by atoms with van der Waals surface area (Å²) in [7, 11) is 0. The standard InChI is InChI=1S/C17H17FN4O2/c1-11(23)9-19-15-7-4-13(10-20-15)17-21-16(22-24-17)8-12-2-5-14(18)6-3-12/h2-7,10-11,23H,8-9H2,1H3,(H,19,20)/t11-/m1/s1. The van der Waals surface area contributed by atoms with Crippen LogP contribution in [0.25, 0.3) is 11.5 Å². The number of nitrogens with one attached hydrogen (secondary N) is 1. The third-order valence-electron chi connectivity index (χ3n) is 3.33. The largest absolute Gasteiger partial charge is 0.392 e. The summed E-state index contributed by atoms with van der Waals surface area (Å²) >= 11 is 0. The summed E-state index contributed by atoms with van der Waals surface area (Å²) in [5, 5.41) is 16.2. The lowest BCUT2D eigenvalue weighted by Crippen LogP contribution is -2.15. The minimum Gasteiger partial charge on any atom is -0.392 e. The van der Waals surface area contributed by atoms with Crippen molar-refractivity contribution >= 4 is 5.82 Å². The lowest BCUT2D eigenvalue weighted by molar-refractivity contribution is 0.208. The molecule has 7 heteroatoms. The van der Waals surface area contributed by atoms with E-state index in [-0.39, 0.29) is 5.82 Å². The zero-order valence-electron chi connectivity index (χ0n) is 13.1. The molecule has 1 atom stereocenters. The van der Waals surface area contributed by atoms with Gasteiger partial charge in [-0.15, -0.1) is 0 Å². The fourth-order valence-corrected chi connectivity index (χ4v) is 2.11. The first-order chi connectivity index (χ1) is 11.6. The molecule has 0 aliphatic heterocycles. The Morgan fingerprint density at radius 1 is 1.21 bits per heavy atom. The number of aromatic nitrogens is 3. The summed E-state index contributed by atoms with van der Waals surface area (Å²) in [6, 6.07) is 9.78. The van der Waals surface area contributed by atoms with Crippen LogP contribution in [0.1, 0.15) is 18.3 Å². The quantitative estimate of drug-likeness (QED) is 0.724. The van der Waals surface area contributed by atoms with Gasteiger partial charge >= 0.3 is 0 Å². The van der Waals surface area contributed by atoms with Gasteiger partial charge in [0.2, 0.25) is 0 Å². The van der Waals surface area contributed by atoms with Crippen LogP contribution < -0.4 is 5.32 Å². The van der Waals surface area contributed by atoms with Crippen molar-refractivity contribution in [1.29, 1.82) is 0 Å². The Morgan fingerprint density at radius 3 is 2.67 bits per heavy atom. The molecule has 6 nitrogen and oxygen atoms in total. The van der Waals surface area contributed by atoms with E-state index >= 15 is 0 Å². The van der Waals surface area contributed by atoms with Crippen LogP contribution in [0.3, 0.4) is 0 Å². The first-order valence-electron chi connectivity index (χ1n) is 7.55. The second-order valence-corrected chi connectivity index (χ2v) is 5.48. The molecule has 124 valence electrons. The van der Waals surface area contributed by atoms with Gasteiger partial charge in [-0.2, -0.15) is 4.98 Å². The SMILES string of the molecule is C[C@@H](O)CNc1ccc(-c2nc(Cc3ccc(F)cc3)no2)cn1. The van der Waals surface area contributed by atoms with E-state index < -0.39 is 6.10 Å². The Kier molecular flexibility index (Phi) is 4.81. The molecule has 2 aromatic heterocycles. The number of hydrogen-bond donors (Lipinski definition) is 2. The third-order valence-corrected chi connectivity index (χ3v) is 3.33. The van der Waals surface area contributed by atoms with Gasteiger partial charge in [0, 0.05) is 19.2 Å². The fourth-order valence-electron chi connectivity index (χ4n) is 2.11. The van der Waals surface area contributed by atoms with E-state index in [0.29, 0.717) is 36.1 Å². The van der Waals surface area contributed by atoms with E-state index in [0.717, 1.165) is 5.56 Å². The van der Waals surface area contributed by atoms with Crippen LogP contribution in [-0.4, -0.2) is 32.9 Å². The predicted octanol–water partition coefficient (Wildman–Crippen LogP) is 2.65. The van der Waals surface area contributed by atoms with Crippen molar-refractivity contribution in [2.75, 3.05) is 11.9 Å². The van der Waals surface area contributed by atoms with E-state index in [4.69, 9.17) is 4.52 Å². The van der Waals surface area contributed by atoms with Crippen molar-refractivity contribution in [3.05, 3.63) is 59.8 Å².